The second-order valence-electron chi connectivity index (χ2n) is 9.06. The van der Waals surface area contributed by atoms with Crippen LogP contribution < -0.4 is 0 Å². The SMILES string of the molecule is C[N+]1(C)C2CC(OC(=O)C(O)(c3cccc(F)c3)c3cccc(F)c3)C[C@H]1[C@H]1OC21. The molecular weight excluding hydrogens is 392 g/mol. The van der Waals surface area contributed by atoms with Crippen LogP contribution in [-0.2, 0) is 19.9 Å². The molecular formula is C23H24F2NO4+. The van der Waals surface area contributed by atoms with Crippen LogP contribution in [0.5, 0.6) is 0 Å². The van der Waals surface area contributed by atoms with E-state index in [9.17, 15) is 18.7 Å². The van der Waals surface area contributed by atoms with Gasteiger partial charge in [-0.1, -0.05) is 24.3 Å². The Kier molecular flexibility index (Phi) is 4.29. The molecule has 158 valence electrons. The Balaban J connectivity index is 1.46. The molecule has 30 heavy (non-hydrogen) atoms. The topological polar surface area (TPSA) is 59.1 Å². The number of hydrogen-bond acceptors (Lipinski definition) is 4. The van der Waals surface area contributed by atoms with Crippen molar-refractivity contribution >= 4 is 5.97 Å². The summed E-state index contributed by atoms with van der Waals surface area (Å²) in [6.45, 7) is 0. The Labute approximate surface area is 173 Å². The predicted octanol–water partition coefficient (Wildman–Crippen LogP) is 2.50. The third-order valence-corrected chi connectivity index (χ3v) is 7.09. The highest BCUT2D eigenvalue weighted by molar-refractivity contribution is 5.85. The number of epoxide rings is 1. The molecule has 1 N–H and O–H groups in total. The smallest absolute Gasteiger partial charge is 0.347 e. The zero-order valence-corrected chi connectivity index (χ0v) is 16.8. The van der Waals surface area contributed by atoms with E-state index < -0.39 is 23.2 Å². The van der Waals surface area contributed by atoms with Crippen LogP contribution in [0.1, 0.15) is 24.0 Å². The average Bonchev–Trinajstić information content (AvgIpc) is 3.45. The third-order valence-electron chi connectivity index (χ3n) is 7.09. The van der Waals surface area contributed by atoms with Crippen LogP contribution in [0.15, 0.2) is 48.5 Å². The van der Waals surface area contributed by atoms with Gasteiger partial charge in [0.05, 0.1) is 14.1 Å². The summed E-state index contributed by atoms with van der Waals surface area (Å²) in [7, 11) is 4.33. The van der Waals surface area contributed by atoms with Gasteiger partial charge in [-0.2, -0.15) is 0 Å². The molecule has 0 radical (unpaired) electrons. The lowest BCUT2D eigenvalue weighted by Gasteiger charge is -2.45. The van der Waals surface area contributed by atoms with Crippen molar-refractivity contribution in [3.63, 3.8) is 0 Å². The number of halogens is 2. The van der Waals surface area contributed by atoms with E-state index >= 15 is 0 Å². The van der Waals surface area contributed by atoms with Gasteiger partial charge in [-0.3, -0.25) is 0 Å². The van der Waals surface area contributed by atoms with E-state index in [0.29, 0.717) is 12.8 Å². The van der Waals surface area contributed by atoms with Gasteiger partial charge < -0.3 is 19.1 Å². The zero-order valence-electron chi connectivity index (χ0n) is 16.8. The lowest BCUT2D eigenvalue weighted by atomic mass is 9.86. The second kappa shape index (κ2) is 6.57. The van der Waals surface area contributed by atoms with Crippen molar-refractivity contribution < 1.29 is 32.6 Å². The number of nitrogens with zero attached hydrogens (tertiary/aromatic N) is 1. The van der Waals surface area contributed by atoms with Gasteiger partial charge in [-0.15, -0.1) is 0 Å². The quantitative estimate of drug-likeness (QED) is 0.473. The molecule has 3 aliphatic heterocycles. The van der Waals surface area contributed by atoms with Gasteiger partial charge in [0.15, 0.2) is 0 Å². The highest BCUT2D eigenvalue weighted by atomic mass is 19.1. The standard InChI is InChI=1S/C23H24F2NO4/c1-26(2)18-11-17(12-19(26)21-20(18)30-21)29-22(27)23(28,13-5-3-7-15(24)9-13)14-6-4-8-16(25)10-14/h3-10,17-21,28H,11-12H2,1-2H3/q+1/t17?,18-,19?,20+,21?/m0/s1. The van der Waals surface area contributed by atoms with Crippen molar-refractivity contribution in [3.05, 3.63) is 71.3 Å². The summed E-state index contributed by atoms with van der Waals surface area (Å²) in [5.74, 6) is -2.14. The third kappa shape index (κ3) is 2.87. The van der Waals surface area contributed by atoms with E-state index in [4.69, 9.17) is 9.47 Å². The number of rotatable bonds is 4. The minimum Gasteiger partial charge on any atom is -0.459 e. The fraction of sp³-hybridized carbons (Fsp3) is 0.435. The first-order valence-electron chi connectivity index (χ1n) is 10.2. The monoisotopic (exact) mass is 416 g/mol. The molecule has 5 atom stereocenters. The van der Waals surface area contributed by atoms with Crippen LogP contribution in [0.4, 0.5) is 8.78 Å². The van der Waals surface area contributed by atoms with Crippen molar-refractivity contribution in [3.8, 4) is 0 Å². The fourth-order valence-corrected chi connectivity index (χ4v) is 5.37. The number of benzene rings is 2. The van der Waals surface area contributed by atoms with Crippen LogP contribution in [0.3, 0.4) is 0 Å². The number of quaternary nitrogens is 1. The van der Waals surface area contributed by atoms with E-state index in [0.717, 1.165) is 16.6 Å². The summed E-state index contributed by atoms with van der Waals surface area (Å²) in [4.78, 5) is 13.3. The van der Waals surface area contributed by atoms with Gasteiger partial charge in [0.25, 0.3) is 0 Å². The first-order chi connectivity index (χ1) is 14.2. The molecule has 0 spiro atoms. The van der Waals surface area contributed by atoms with E-state index in [-0.39, 0.29) is 41.5 Å². The number of likely N-dealkylation sites (N-methyl/N-ethyl adjacent to an activating group) is 1. The van der Waals surface area contributed by atoms with Gasteiger partial charge in [-0.05, 0) is 24.3 Å². The number of fused-ring (bicyclic) bond motifs is 5. The molecule has 5 rings (SSSR count). The van der Waals surface area contributed by atoms with Crippen molar-refractivity contribution in [2.45, 2.75) is 48.8 Å². The summed E-state index contributed by atoms with van der Waals surface area (Å²) in [5.41, 5.74) is -2.32. The first kappa shape index (κ1) is 19.6. The van der Waals surface area contributed by atoms with E-state index in [1.807, 2.05) is 0 Å². The lowest BCUT2D eigenvalue weighted by Crippen LogP contribution is -2.60. The molecule has 3 aliphatic rings. The van der Waals surface area contributed by atoms with Crippen LogP contribution in [0.2, 0.25) is 0 Å². The van der Waals surface area contributed by atoms with Crippen molar-refractivity contribution in [1.29, 1.82) is 0 Å². The number of ether oxygens (including phenoxy) is 2. The largest absolute Gasteiger partial charge is 0.459 e. The van der Waals surface area contributed by atoms with Gasteiger partial charge in [0.1, 0.15) is 42.0 Å². The maximum atomic E-state index is 13.9. The molecule has 3 unspecified atom stereocenters. The van der Waals surface area contributed by atoms with Gasteiger partial charge in [-0.25, -0.2) is 13.6 Å². The summed E-state index contributed by atoms with van der Waals surface area (Å²) < 4.78 is 40.2. The van der Waals surface area contributed by atoms with Crippen LogP contribution in [0.25, 0.3) is 0 Å². The van der Waals surface area contributed by atoms with Crippen molar-refractivity contribution in [2.75, 3.05) is 14.1 Å². The van der Waals surface area contributed by atoms with E-state index in [2.05, 4.69) is 14.1 Å². The maximum Gasteiger partial charge on any atom is 0.347 e. The number of esters is 1. The minimum atomic E-state index is -2.31. The molecule has 3 fully saturated rings. The number of morpholine rings is 1. The number of aliphatic hydroxyl groups is 1. The summed E-state index contributed by atoms with van der Waals surface area (Å²) >= 11 is 0. The number of hydrogen-bond donors (Lipinski definition) is 1. The van der Waals surface area contributed by atoms with Crippen LogP contribution >= 0.6 is 0 Å². The zero-order chi connectivity index (χ0) is 21.3. The Hall–Kier alpha value is -2.35. The molecule has 2 aromatic rings. The lowest BCUT2D eigenvalue weighted by molar-refractivity contribution is -0.938. The predicted molar refractivity (Wildman–Crippen MR) is 103 cm³/mol. The average molecular weight is 416 g/mol. The van der Waals surface area contributed by atoms with Crippen molar-refractivity contribution in [2.24, 2.45) is 0 Å². The molecule has 0 aliphatic carbocycles. The summed E-state index contributed by atoms with van der Waals surface area (Å²) in [6.07, 6.45) is 1.25. The Morgan fingerprint density at radius 3 is 2.00 bits per heavy atom. The molecule has 2 bridgehead atoms. The molecule has 7 heteroatoms. The van der Waals surface area contributed by atoms with Crippen molar-refractivity contribution in [1.82, 2.24) is 0 Å². The first-order valence-corrected chi connectivity index (χ1v) is 10.2. The Bertz CT molecular complexity index is 945. The molecule has 3 saturated heterocycles. The maximum absolute atomic E-state index is 13.9. The van der Waals surface area contributed by atoms with E-state index in [1.165, 1.54) is 36.4 Å². The van der Waals surface area contributed by atoms with Crippen LogP contribution in [-0.4, -0.2) is 60.0 Å². The van der Waals surface area contributed by atoms with Gasteiger partial charge >= 0.3 is 5.97 Å². The molecule has 0 saturated carbocycles. The fourth-order valence-electron chi connectivity index (χ4n) is 5.37. The van der Waals surface area contributed by atoms with Crippen LogP contribution in [0, 0.1) is 11.6 Å². The number of carbonyl (C=O) groups is 1. The molecule has 5 nitrogen and oxygen atoms in total. The van der Waals surface area contributed by atoms with Gasteiger partial charge in [0, 0.05) is 24.0 Å². The summed E-state index contributed by atoms with van der Waals surface area (Å²) in [6, 6.07) is 10.7. The normalized spacial score (nSPS) is 31.2. The molecule has 0 amide bonds. The molecule has 0 aromatic heterocycles. The summed E-state index contributed by atoms with van der Waals surface area (Å²) in [5, 5.41) is 11.5. The van der Waals surface area contributed by atoms with Gasteiger partial charge in [0.2, 0.25) is 5.60 Å². The minimum absolute atomic E-state index is 0.000766. The van der Waals surface area contributed by atoms with E-state index in [1.54, 1.807) is 0 Å². The highest BCUT2D eigenvalue weighted by Crippen LogP contribution is 2.52. The second-order valence-corrected chi connectivity index (χ2v) is 9.06. The molecule has 3 heterocycles. The highest BCUT2D eigenvalue weighted by Gasteiger charge is 2.71. The Morgan fingerprint density at radius 1 is 1.03 bits per heavy atom. The Morgan fingerprint density at radius 2 is 1.53 bits per heavy atom. The molecule has 2 aromatic carbocycles. The number of carbonyl (C=O) groups excluding carboxylic acids is 1. The number of piperidine rings is 1.